The molecule has 0 aliphatic heterocycles. The van der Waals surface area contributed by atoms with Gasteiger partial charge >= 0.3 is 0 Å². The van der Waals surface area contributed by atoms with E-state index in [1.165, 1.54) is 11.1 Å². The molecule has 1 aromatic heterocycles. The molecule has 0 fully saturated rings. The lowest BCUT2D eigenvalue weighted by Gasteiger charge is -2.20. The topological polar surface area (TPSA) is 51.0 Å². The summed E-state index contributed by atoms with van der Waals surface area (Å²) in [5, 5.41) is 7.59. The van der Waals surface area contributed by atoms with Gasteiger partial charge in [0, 0.05) is 12.5 Å². The zero-order valence-electron chi connectivity index (χ0n) is 13.4. The van der Waals surface area contributed by atoms with Gasteiger partial charge in [0.2, 0.25) is 5.89 Å². The Hall–Kier alpha value is -1.68. The number of hydrogen-bond donors (Lipinski definition) is 1. The Morgan fingerprint density at radius 1 is 1.29 bits per heavy atom. The van der Waals surface area contributed by atoms with Crippen LogP contribution in [0.1, 0.15) is 56.0 Å². The fourth-order valence-electron chi connectivity index (χ4n) is 2.64. The molecule has 4 nitrogen and oxygen atoms in total. The molecule has 1 heterocycles. The van der Waals surface area contributed by atoms with E-state index >= 15 is 0 Å². The highest BCUT2D eigenvalue weighted by Crippen LogP contribution is 2.20. The summed E-state index contributed by atoms with van der Waals surface area (Å²) in [5.74, 6) is 1.72. The minimum absolute atomic E-state index is 0.230. The van der Waals surface area contributed by atoms with Crippen LogP contribution in [0.4, 0.5) is 0 Å². The van der Waals surface area contributed by atoms with Crippen LogP contribution >= 0.6 is 0 Å². The van der Waals surface area contributed by atoms with Gasteiger partial charge in [0.1, 0.15) is 0 Å². The summed E-state index contributed by atoms with van der Waals surface area (Å²) in [6, 6.07) is 8.79. The van der Waals surface area contributed by atoms with Gasteiger partial charge in [-0.2, -0.15) is 4.98 Å². The highest BCUT2D eigenvalue weighted by Gasteiger charge is 2.22. The average molecular weight is 287 g/mol. The van der Waals surface area contributed by atoms with E-state index in [0.717, 1.165) is 31.1 Å². The van der Waals surface area contributed by atoms with Gasteiger partial charge in [-0.15, -0.1) is 0 Å². The first-order valence-corrected chi connectivity index (χ1v) is 7.75. The van der Waals surface area contributed by atoms with Crippen LogP contribution in [0.2, 0.25) is 0 Å². The first-order chi connectivity index (χ1) is 10.1. The van der Waals surface area contributed by atoms with Crippen LogP contribution in [-0.2, 0) is 6.42 Å². The number of aromatic nitrogens is 2. The third kappa shape index (κ3) is 4.14. The summed E-state index contributed by atoms with van der Waals surface area (Å²) in [5.41, 5.74) is 2.47. The second-order valence-corrected chi connectivity index (χ2v) is 5.58. The third-order valence-corrected chi connectivity index (χ3v) is 3.83. The van der Waals surface area contributed by atoms with Crippen molar-refractivity contribution in [1.82, 2.24) is 15.5 Å². The molecule has 2 unspecified atom stereocenters. The number of rotatable bonds is 7. The van der Waals surface area contributed by atoms with E-state index in [9.17, 15) is 0 Å². The molecule has 0 radical (unpaired) electrons. The predicted molar refractivity (Wildman–Crippen MR) is 84.5 cm³/mol. The van der Waals surface area contributed by atoms with Crippen molar-refractivity contribution in [2.75, 3.05) is 6.54 Å². The zero-order chi connectivity index (χ0) is 15.2. The van der Waals surface area contributed by atoms with Crippen molar-refractivity contribution in [3.8, 4) is 0 Å². The molecule has 21 heavy (non-hydrogen) atoms. The Labute approximate surface area is 127 Å². The number of likely N-dealkylation sites (N-methyl/N-ethyl adjacent to an activating group) is 1. The quantitative estimate of drug-likeness (QED) is 0.847. The van der Waals surface area contributed by atoms with Crippen molar-refractivity contribution in [2.45, 2.75) is 52.5 Å². The molecule has 2 rings (SSSR count). The molecule has 2 aromatic rings. The fraction of sp³-hybridized carbons (Fsp3) is 0.529. The lowest BCUT2D eigenvalue weighted by atomic mass is 9.99. The summed E-state index contributed by atoms with van der Waals surface area (Å²) in [6.07, 6.45) is 1.76. The Morgan fingerprint density at radius 2 is 2.10 bits per heavy atom. The van der Waals surface area contributed by atoms with Crippen molar-refractivity contribution in [2.24, 2.45) is 0 Å². The Kier molecular flexibility index (Phi) is 5.51. The second-order valence-electron chi connectivity index (χ2n) is 5.58. The molecule has 0 aliphatic rings. The zero-order valence-corrected chi connectivity index (χ0v) is 13.4. The van der Waals surface area contributed by atoms with Gasteiger partial charge in [-0.1, -0.05) is 55.8 Å². The largest absolute Gasteiger partial charge is 0.339 e. The molecular weight excluding hydrogens is 262 g/mol. The number of aryl methyl sites for hydroxylation is 1. The van der Waals surface area contributed by atoms with E-state index in [4.69, 9.17) is 4.52 Å². The summed E-state index contributed by atoms with van der Waals surface area (Å²) in [7, 11) is 0. The normalized spacial score (nSPS) is 14.1. The van der Waals surface area contributed by atoms with Crippen molar-refractivity contribution >= 4 is 0 Å². The second kappa shape index (κ2) is 7.36. The maximum Gasteiger partial charge on any atom is 0.231 e. The number of nitrogens with one attached hydrogen (secondary N) is 1. The number of hydrogen-bond acceptors (Lipinski definition) is 4. The van der Waals surface area contributed by atoms with Gasteiger partial charge in [-0.3, -0.25) is 0 Å². The molecular formula is C17H25N3O. The van der Waals surface area contributed by atoms with Crippen molar-refractivity contribution < 1.29 is 4.52 Å². The molecule has 2 atom stereocenters. The minimum atomic E-state index is 0.230. The van der Waals surface area contributed by atoms with Crippen LogP contribution < -0.4 is 5.32 Å². The number of benzene rings is 1. The molecule has 1 N–H and O–H groups in total. The van der Waals surface area contributed by atoms with Crippen LogP contribution in [0.15, 0.2) is 28.8 Å². The van der Waals surface area contributed by atoms with Gasteiger partial charge in [-0.05, 0) is 25.5 Å². The lowest BCUT2D eigenvalue weighted by molar-refractivity contribution is 0.319. The first-order valence-electron chi connectivity index (χ1n) is 7.75. The minimum Gasteiger partial charge on any atom is -0.339 e. The predicted octanol–water partition coefficient (Wildman–Crippen LogP) is 3.46. The summed E-state index contributed by atoms with van der Waals surface area (Å²) in [6.45, 7) is 9.48. The first kappa shape index (κ1) is 15.7. The van der Waals surface area contributed by atoms with Crippen molar-refractivity contribution in [1.29, 1.82) is 0 Å². The van der Waals surface area contributed by atoms with Crippen LogP contribution in [-0.4, -0.2) is 22.7 Å². The van der Waals surface area contributed by atoms with Gasteiger partial charge in [-0.25, -0.2) is 0 Å². The SMILES string of the molecule is CCNC(CC)C(C)c1nc(Cc2cccc(C)c2)no1. The molecule has 0 aliphatic carbocycles. The molecule has 0 bridgehead atoms. The highest BCUT2D eigenvalue weighted by atomic mass is 16.5. The standard InChI is InChI=1S/C17H25N3O/c1-5-15(18-6-2)13(4)17-19-16(20-21-17)11-14-9-7-8-12(3)10-14/h7-10,13,15,18H,5-6,11H2,1-4H3. The molecule has 4 heteroatoms. The Balaban J connectivity index is 2.07. The van der Waals surface area contributed by atoms with Crippen LogP contribution in [0, 0.1) is 6.92 Å². The van der Waals surface area contributed by atoms with E-state index in [0.29, 0.717) is 6.04 Å². The van der Waals surface area contributed by atoms with E-state index in [1.807, 2.05) is 0 Å². The van der Waals surface area contributed by atoms with E-state index in [1.54, 1.807) is 0 Å². The third-order valence-electron chi connectivity index (χ3n) is 3.83. The maximum absolute atomic E-state index is 5.46. The van der Waals surface area contributed by atoms with E-state index in [-0.39, 0.29) is 5.92 Å². The van der Waals surface area contributed by atoms with Crippen LogP contribution in [0.5, 0.6) is 0 Å². The molecule has 0 spiro atoms. The Morgan fingerprint density at radius 3 is 2.76 bits per heavy atom. The van der Waals surface area contributed by atoms with E-state index in [2.05, 4.69) is 67.4 Å². The molecule has 114 valence electrons. The van der Waals surface area contributed by atoms with Gasteiger partial charge in [0.15, 0.2) is 5.82 Å². The average Bonchev–Trinajstić information content (AvgIpc) is 2.92. The highest BCUT2D eigenvalue weighted by molar-refractivity contribution is 5.24. The molecule has 0 saturated heterocycles. The maximum atomic E-state index is 5.46. The number of nitrogens with zero attached hydrogens (tertiary/aromatic N) is 2. The van der Waals surface area contributed by atoms with Gasteiger partial charge in [0.25, 0.3) is 0 Å². The lowest BCUT2D eigenvalue weighted by Crippen LogP contribution is -2.33. The molecule has 0 amide bonds. The van der Waals surface area contributed by atoms with Crippen LogP contribution in [0.3, 0.4) is 0 Å². The fourth-order valence-corrected chi connectivity index (χ4v) is 2.64. The smallest absolute Gasteiger partial charge is 0.231 e. The van der Waals surface area contributed by atoms with Crippen molar-refractivity contribution in [3.63, 3.8) is 0 Å². The Bertz CT molecular complexity index is 565. The van der Waals surface area contributed by atoms with Crippen LogP contribution in [0.25, 0.3) is 0 Å². The monoisotopic (exact) mass is 287 g/mol. The van der Waals surface area contributed by atoms with E-state index < -0.39 is 0 Å². The summed E-state index contributed by atoms with van der Waals surface area (Å²) < 4.78 is 5.46. The van der Waals surface area contributed by atoms with Crippen molar-refractivity contribution in [3.05, 3.63) is 47.1 Å². The molecule has 1 aromatic carbocycles. The van der Waals surface area contributed by atoms with Gasteiger partial charge < -0.3 is 9.84 Å². The summed E-state index contributed by atoms with van der Waals surface area (Å²) in [4.78, 5) is 4.57. The summed E-state index contributed by atoms with van der Waals surface area (Å²) >= 11 is 0. The molecule has 0 saturated carbocycles. The van der Waals surface area contributed by atoms with Gasteiger partial charge in [0.05, 0.1) is 5.92 Å².